The molecule has 0 aliphatic carbocycles. The summed E-state index contributed by atoms with van der Waals surface area (Å²) in [5.41, 5.74) is 2.58. The van der Waals surface area contributed by atoms with Gasteiger partial charge < -0.3 is 0 Å². The number of thiazole rings is 1. The summed E-state index contributed by atoms with van der Waals surface area (Å²) < 4.78 is 41.6. The molecule has 0 radical (unpaired) electrons. The molecule has 0 N–H and O–H groups in total. The predicted molar refractivity (Wildman–Crippen MR) is 151 cm³/mol. The highest BCUT2D eigenvalue weighted by atomic mass is 32.2. The second kappa shape index (κ2) is 11.6. The zero-order valence-corrected chi connectivity index (χ0v) is 22.3. The van der Waals surface area contributed by atoms with Crippen molar-refractivity contribution in [1.82, 2.24) is 9.29 Å². The van der Waals surface area contributed by atoms with Crippen LogP contribution in [0.3, 0.4) is 0 Å². The fourth-order valence-corrected chi connectivity index (χ4v) is 5.87. The molecule has 1 heterocycles. The third kappa shape index (κ3) is 5.94. The van der Waals surface area contributed by atoms with Crippen molar-refractivity contribution in [3.63, 3.8) is 0 Å². The van der Waals surface area contributed by atoms with E-state index in [2.05, 4.69) is 23.2 Å². The van der Waals surface area contributed by atoms with Gasteiger partial charge in [0.1, 0.15) is 5.82 Å². The van der Waals surface area contributed by atoms with E-state index in [0.717, 1.165) is 27.5 Å². The van der Waals surface area contributed by atoms with Crippen molar-refractivity contribution in [3.05, 3.63) is 115 Å². The number of nitrogens with zero attached hydrogens (tertiary/aromatic N) is 4. The standard InChI is InChI=1S/C28H25FN4O3S2/c1-4-16-32(17-5-2)38(35,36)24-13-10-22(11-14-24)27(34)33(30-19-21-8-6-20(3)7-9-21)28-31-25-15-12-23(29)18-26(25)37-28/h4-15,18-19H,1-2,16-17H2,3H3/b30-19+. The molecule has 1 aromatic heterocycles. The minimum Gasteiger partial charge on any atom is -0.267 e. The lowest BCUT2D eigenvalue weighted by Crippen LogP contribution is -2.31. The third-order valence-electron chi connectivity index (χ3n) is 5.52. The lowest BCUT2D eigenvalue weighted by Gasteiger charge is -2.19. The van der Waals surface area contributed by atoms with Gasteiger partial charge in [0.25, 0.3) is 5.91 Å². The number of benzene rings is 3. The molecule has 4 aromatic rings. The van der Waals surface area contributed by atoms with Gasteiger partial charge in [-0.1, -0.05) is 53.3 Å². The Kier molecular flexibility index (Phi) is 8.26. The first-order chi connectivity index (χ1) is 18.2. The lowest BCUT2D eigenvalue weighted by molar-refractivity contribution is 0.0987. The fraction of sp³-hybridized carbons (Fsp3) is 0.107. The summed E-state index contributed by atoms with van der Waals surface area (Å²) in [6, 6.07) is 17.4. The number of sulfonamides is 1. The number of aromatic nitrogens is 1. The number of amides is 1. The Morgan fingerprint density at radius 1 is 1.03 bits per heavy atom. The highest BCUT2D eigenvalue weighted by Crippen LogP contribution is 2.31. The van der Waals surface area contributed by atoms with Crippen LogP contribution in [0.5, 0.6) is 0 Å². The molecular formula is C28H25FN4O3S2. The molecule has 4 rings (SSSR count). The molecular weight excluding hydrogens is 523 g/mol. The van der Waals surface area contributed by atoms with Crippen LogP contribution in [0, 0.1) is 12.7 Å². The van der Waals surface area contributed by atoms with E-state index in [-0.39, 0.29) is 28.7 Å². The van der Waals surface area contributed by atoms with E-state index >= 15 is 0 Å². The number of rotatable bonds is 10. The van der Waals surface area contributed by atoms with Gasteiger partial charge in [0, 0.05) is 18.7 Å². The molecule has 0 saturated heterocycles. The largest absolute Gasteiger partial charge is 0.280 e. The molecule has 0 aliphatic heterocycles. The van der Waals surface area contributed by atoms with E-state index in [1.807, 2.05) is 31.2 Å². The van der Waals surface area contributed by atoms with E-state index in [4.69, 9.17) is 0 Å². The molecule has 1 amide bonds. The molecule has 0 unspecified atom stereocenters. The van der Waals surface area contributed by atoms with Gasteiger partial charge in [-0.15, -0.1) is 13.2 Å². The average Bonchev–Trinajstić information content (AvgIpc) is 3.32. The highest BCUT2D eigenvalue weighted by molar-refractivity contribution is 7.89. The number of hydrazone groups is 1. The maximum Gasteiger partial charge on any atom is 0.280 e. The highest BCUT2D eigenvalue weighted by Gasteiger charge is 2.25. The Hall–Kier alpha value is -3.99. The minimum atomic E-state index is -3.82. The van der Waals surface area contributed by atoms with Crippen molar-refractivity contribution in [2.75, 3.05) is 18.1 Å². The predicted octanol–water partition coefficient (Wildman–Crippen LogP) is 5.79. The van der Waals surface area contributed by atoms with Gasteiger partial charge in [0.05, 0.1) is 21.3 Å². The summed E-state index contributed by atoms with van der Waals surface area (Å²) >= 11 is 1.12. The fourth-order valence-electron chi connectivity index (χ4n) is 3.54. The summed E-state index contributed by atoms with van der Waals surface area (Å²) in [6.07, 6.45) is 4.52. The smallest absolute Gasteiger partial charge is 0.267 e. The molecule has 3 aromatic carbocycles. The number of fused-ring (bicyclic) bond motifs is 1. The Morgan fingerprint density at radius 3 is 2.32 bits per heavy atom. The van der Waals surface area contributed by atoms with E-state index in [1.165, 1.54) is 65.1 Å². The van der Waals surface area contributed by atoms with Gasteiger partial charge in [-0.05, 0) is 55.0 Å². The van der Waals surface area contributed by atoms with E-state index in [1.54, 1.807) is 0 Å². The Bertz CT molecular complexity index is 1600. The van der Waals surface area contributed by atoms with Gasteiger partial charge in [0.15, 0.2) is 0 Å². The zero-order valence-electron chi connectivity index (χ0n) is 20.6. The van der Waals surface area contributed by atoms with Crippen LogP contribution in [0.15, 0.2) is 102 Å². The maximum atomic E-state index is 13.8. The normalized spacial score (nSPS) is 11.8. The first-order valence-corrected chi connectivity index (χ1v) is 13.8. The number of hydrogen-bond acceptors (Lipinski definition) is 6. The number of carbonyl (C=O) groups excluding carboxylic acids is 1. The second-order valence-electron chi connectivity index (χ2n) is 8.30. The van der Waals surface area contributed by atoms with Crippen molar-refractivity contribution in [3.8, 4) is 0 Å². The molecule has 10 heteroatoms. The Balaban J connectivity index is 1.70. The molecule has 0 fully saturated rings. The van der Waals surface area contributed by atoms with Gasteiger partial charge in [-0.3, -0.25) is 4.79 Å². The molecule has 0 spiro atoms. The lowest BCUT2D eigenvalue weighted by atomic mass is 10.2. The topological polar surface area (TPSA) is 82.9 Å². The summed E-state index contributed by atoms with van der Waals surface area (Å²) in [5, 5.41) is 5.78. The number of anilines is 1. The summed E-state index contributed by atoms with van der Waals surface area (Å²) in [5.74, 6) is -0.932. The van der Waals surface area contributed by atoms with Crippen LogP contribution >= 0.6 is 11.3 Å². The van der Waals surface area contributed by atoms with Crippen molar-refractivity contribution in [2.24, 2.45) is 5.10 Å². The van der Waals surface area contributed by atoms with E-state index in [9.17, 15) is 17.6 Å². The summed E-state index contributed by atoms with van der Waals surface area (Å²) in [6.45, 7) is 9.43. The number of hydrogen-bond donors (Lipinski definition) is 0. The number of aryl methyl sites for hydroxylation is 1. The van der Waals surface area contributed by atoms with Crippen LogP contribution in [0.1, 0.15) is 21.5 Å². The molecule has 0 aliphatic rings. The SMILES string of the molecule is C=CCN(CC=C)S(=O)(=O)c1ccc(C(=O)N(/N=C/c2ccc(C)cc2)c2nc3ccc(F)cc3s2)cc1. The monoisotopic (exact) mass is 548 g/mol. The molecule has 194 valence electrons. The van der Waals surface area contributed by atoms with Crippen molar-refractivity contribution >= 4 is 48.8 Å². The Morgan fingerprint density at radius 2 is 1.68 bits per heavy atom. The number of carbonyl (C=O) groups is 1. The van der Waals surface area contributed by atoms with Crippen LogP contribution in [-0.2, 0) is 10.0 Å². The van der Waals surface area contributed by atoms with Crippen LogP contribution in [-0.4, -0.2) is 42.9 Å². The summed E-state index contributed by atoms with van der Waals surface area (Å²) in [4.78, 5) is 18.1. The van der Waals surface area contributed by atoms with Gasteiger partial charge in [0.2, 0.25) is 15.2 Å². The molecule has 38 heavy (non-hydrogen) atoms. The van der Waals surface area contributed by atoms with E-state index < -0.39 is 21.7 Å². The molecule has 7 nitrogen and oxygen atoms in total. The quantitative estimate of drug-likeness (QED) is 0.143. The first kappa shape index (κ1) is 27.1. The van der Waals surface area contributed by atoms with Gasteiger partial charge in [-0.25, -0.2) is 17.8 Å². The van der Waals surface area contributed by atoms with Gasteiger partial charge in [-0.2, -0.15) is 14.4 Å². The minimum absolute atomic E-state index is 0.0305. The van der Waals surface area contributed by atoms with Crippen LogP contribution in [0.2, 0.25) is 0 Å². The number of halogens is 1. The third-order valence-corrected chi connectivity index (χ3v) is 8.36. The second-order valence-corrected chi connectivity index (χ2v) is 11.3. The molecule has 0 saturated carbocycles. The zero-order chi connectivity index (χ0) is 27.3. The first-order valence-electron chi connectivity index (χ1n) is 11.6. The average molecular weight is 549 g/mol. The van der Waals surface area contributed by atoms with Crippen molar-refractivity contribution in [1.29, 1.82) is 0 Å². The molecule has 0 bridgehead atoms. The van der Waals surface area contributed by atoms with E-state index in [0.29, 0.717) is 10.2 Å². The maximum absolute atomic E-state index is 13.8. The van der Waals surface area contributed by atoms with Crippen LogP contribution in [0.4, 0.5) is 9.52 Å². The van der Waals surface area contributed by atoms with Crippen molar-refractivity contribution < 1.29 is 17.6 Å². The van der Waals surface area contributed by atoms with Crippen LogP contribution in [0.25, 0.3) is 10.2 Å². The Labute approximate surface area is 224 Å². The van der Waals surface area contributed by atoms with Gasteiger partial charge >= 0.3 is 0 Å². The molecule has 0 atom stereocenters. The van der Waals surface area contributed by atoms with Crippen molar-refractivity contribution in [2.45, 2.75) is 11.8 Å². The van der Waals surface area contributed by atoms with Crippen LogP contribution < -0.4 is 5.01 Å². The summed E-state index contributed by atoms with van der Waals surface area (Å²) in [7, 11) is -3.82.